The fourth-order valence-corrected chi connectivity index (χ4v) is 1.60. The van der Waals surface area contributed by atoms with Crippen LogP contribution in [0, 0.1) is 0 Å². The SMILES string of the molecule is CC(C)(C)c1ccccc1NCC(N)CO. The first-order valence-electron chi connectivity index (χ1n) is 5.65. The number of nitrogens with two attached hydrogens (primary N) is 1. The first-order valence-corrected chi connectivity index (χ1v) is 5.65. The van der Waals surface area contributed by atoms with Crippen molar-refractivity contribution in [3.63, 3.8) is 0 Å². The van der Waals surface area contributed by atoms with Crippen molar-refractivity contribution in [2.45, 2.75) is 32.2 Å². The first-order chi connectivity index (χ1) is 7.45. The first kappa shape index (κ1) is 13.0. The molecule has 1 aromatic rings. The number of nitrogens with one attached hydrogen (secondary N) is 1. The van der Waals surface area contributed by atoms with Gasteiger partial charge in [-0.05, 0) is 17.0 Å². The summed E-state index contributed by atoms with van der Waals surface area (Å²) in [5, 5.41) is 12.2. The predicted molar refractivity (Wildman–Crippen MR) is 68.7 cm³/mol. The van der Waals surface area contributed by atoms with Crippen LogP contribution < -0.4 is 11.1 Å². The van der Waals surface area contributed by atoms with Gasteiger partial charge in [0.25, 0.3) is 0 Å². The van der Waals surface area contributed by atoms with Crippen molar-refractivity contribution >= 4 is 5.69 Å². The summed E-state index contributed by atoms with van der Waals surface area (Å²) in [6.45, 7) is 7.13. The Hall–Kier alpha value is -1.06. The van der Waals surface area contributed by atoms with Crippen molar-refractivity contribution in [1.82, 2.24) is 0 Å². The van der Waals surface area contributed by atoms with Gasteiger partial charge in [0, 0.05) is 18.3 Å². The third-order valence-electron chi connectivity index (χ3n) is 2.52. The third-order valence-corrected chi connectivity index (χ3v) is 2.52. The fourth-order valence-electron chi connectivity index (χ4n) is 1.60. The molecule has 3 nitrogen and oxygen atoms in total. The molecule has 0 radical (unpaired) electrons. The molecule has 0 aliphatic heterocycles. The smallest absolute Gasteiger partial charge is 0.0599 e. The number of anilines is 1. The molecular formula is C13H22N2O. The van der Waals surface area contributed by atoms with Crippen LogP contribution in [0.3, 0.4) is 0 Å². The predicted octanol–water partition coefficient (Wildman–Crippen LogP) is 1.72. The van der Waals surface area contributed by atoms with E-state index in [9.17, 15) is 0 Å². The van der Waals surface area contributed by atoms with Crippen LogP contribution in [0.4, 0.5) is 5.69 Å². The van der Waals surface area contributed by atoms with E-state index in [2.05, 4.69) is 32.2 Å². The van der Waals surface area contributed by atoms with E-state index in [1.165, 1.54) is 5.56 Å². The lowest BCUT2D eigenvalue weighted by Gasteiger charge is -2.24. The zero-order valence-electron chi connectivity index (χ0n) is 10.3. The van der Waals surface area contributed by atoms with E-state index in [-0.39, 0.29) is 18.1 Å². The second-order valence-corrected chi connectivity index (χ2v) is 5.12. The van der Waals surface area contributed by atoms with Crippen LogP contribution in [-0.4, -0.2) is 24.3 Å². The van der Waals surface area contributed by atoms with E-state index in [0.29, 0.717) is 6.54 Å². The highest BCUT2D eigenvalue weighted by atomic mass is 16.3. The van der Waals surface area contributed by atoms with Crippen LogP contribution in [0.1, 0.15) is 26.3 Å². The maximum atomic E-state index is 8.88. The van der Waals surface area contributed by atoms with E-state index in [4.69, 9.17) is 10.8 Å². The van der Waals surface area contributed by atoms with Crippen molar-refractivity contribution in [1.29, 1.82) is 0 Å². The van der Waals surface area contributed by atoms with Gasteiger partial charge in [0.15, 0.2) is 0 Å². The topological polar surface area (TPSA) is 58.3 Å². The van der Waals surface area contributed by atoms with Crippen molar-refractivity contribution in [2.24, 2.45) is 5.73 Å². The van der Waals surface area contributed by atoms with Gasteiger partial charge in [-0.15, -0.1) is 0 Å². The van der Waals surface area contributed by atoms with Gasteiger partial charge in [0.05, 0.1) is 6.61 Å². The molecule has 1 rings (SSSR count). The molecule has 0 saturated carbocycles. The molecule has 0 aliphatic rings. The van der Waals surface area contributed by atoms with Crippen LogP contribution in [0.5, 0.6) is 0 Å². The number of aliphatic hydroxyl groups excluding tert-OH is 1. The minimum atomic E-state index is -0.215. The summed E-state index contributed by atoms with van der Waals surface area (Å²) in [7, 11) is 0. The molecule has 3 heteroatoms. The van der Waals surface area contributed by atoms with Crippen LogP contribution >= 0.6 is 0 Å². The summed E-state index contributed by atoms with van der Waals surface area (Å²) in [5.74, 6) is 0. The molecule has 0 fully saturated rings. The van der Waals surface area contributed by atoms with Gasteiger partial charge >= 0.3 is 0 Å². The average Bonchev–Trinajstić information content (AvgIpc) is 2.25. The summed E-state index contributed by atoms with van der Waals surface area (Å²) in [4.78, 5) is 0. The van der Waals surface area contributed by atoms with E-state index in [0.717, 1.165) is 5.69 Å². The Morgan fingerprint density at radius 1 is 1.31 bits per heavy atom. The Morgan fingerprint density at radius 2 is 1.94 bits per heavy atom. The van der Waals surface area contributed by atoms with E-state index < -0.39 is 0 Å². The molecule has 0 saturated heterocycles. The molecule has 90 valence electrons. The van der Waals surface area contributed by atoms with E-state index >= 15 is 0 Å². The second-order valence-electron chi connectivity index (χ2n) is 5.12. The Morgan fingerprint density at radius 3 is 2.50 bits per heavy atom. The highest BCUT2D eigenvalue weighted by molar-refractivity contribution is 5.54. The van der Waals surface area contributed by atoms with Gasteiger partial charge in [-0.1, -0.05) is 39.0 Å². The molecule has 0 heterocycles. The van der Waals surface area contributed by atoms with Crippen LogP contribution in [0.15, 0.2) is 24.3 Å². The van der Waals surface area contributed by atoms with Gasteiger partial charge in [-0.2, -0.15) is 0 Å². The molecule has 0 amide bonds. The number of rotatable bonds is 4. The summed E-state index contributed by atoms with van der Waals surface area (Å²) in [5.41, 5.74) is 8.13. The van der Waals surface area contributed by atoms with Crippen LogP contribution in [0.25, 0.3) is 0 Å². The van der Waals surface area contributed by atoms with Crippen LogP contribution in [0.2, 0.25) is 0 Å². The molecule has 1 aromatic carbocycles. The molecule has 0 bridgehead atoms. The fraction of sp³-hybridized carbons (Fsp3) is 0.538. The highest BCUT2D eigenvalue weighted by Crippen LogP contribution is 2.28. The van der Waals surface area contributed by atoms with Gasteiger partial charge < -0.3 is 16.2 Å². The Bertz CT molecular complexity index is 331. The number of hydrogen-bond donors (Lipinski definition) is 3. The molecule has 0 aromatic heterocycles. The van der Waals surface area contributed by atoms with Gasteiger partial charge in [-0.25, -0.2) is 0 Å². The summed E-state index contributed by atoms with van der Waals surface area (Å²) >= 11 is 0. The van der Waals surface area contributed by atoms with Crippen molar-refractivity contribution in [2.75, 3.05) is 18.5 Å². The number of aliphatic hydroxyl groups is 1. The molecule has 16 heavy (non-hydrogen) atoms. The zero-order chi connectivity index (χ0) is 12.2. The second kappa shape index (κ2) is 5.32. The standard InChI is InChI=1S/C13H22N2O/c1-13(2,3)11-6-4-5-7-12(11)15-8-10(14)9-16/h4-7,10,15-16H,8-9,14H2,1-3H3. The molecule has 0 spiro atoms. The number of para-hydroxylation sites is 1. The van der Waals surface area contributed by atoms with Crippen LogP contribution in [-0.2, 0) is 5.41 Å². The quantitative estimate of drug-likeness (QED) is 0.727. The molecule has 4 N–H and O–H groups in total. The number of hydrogen-bond acceptors (Lipinski definition) is 3. The van der Waals surface area contributed by atoms with Crippen molar-refractivity contribution in [3.8, 4) is 0 Å². The number of benzene rings is 1. The third kappa shape index (κ3) is 3.51. The Kier molecular flexibility index (Phi) is 4.33. The molecule has 1 unspecified atom stereocenters. The lowest BCUT2D eigenvalue weighted by molar-refractivity contribution is 0.270. The molecule has 1 atom stereocenters. The van der Waals surface area contributed by atoms with E-state index in [1.807, 2.05) is 18.2 Å². The van der Waals surface area contributed by atoms with E-state index in [1.54, 1.807) is 0 Å². The minimum absolute atomic E-state index is 0.00465. The highest BCUT2D eigenvalue weighted by Gasteiger charge is 2.17. The van der Waals surface area contributed by atoms with Crippen molar-refractivity contribution in [3.05, 3.63) is 29.8 Å². The monoisotopic (exact) mass is 222 g/mol. The zero-order valence-corrected chi connectivity index (χ0v) is 10.3. The minimum Gasteiger partial charge on any atom is -0.395 e. The maximum Gasteiger partial charge on any atom is 0.0599 e. The lowest BCUT2D eigenvalue weighted by Crippen LogP contribution is -2.33. The van der Waals surface area contributed by atoms with Gasteiger partial charge in [-0.3, -0.25) is 0 Å². The summed E-state index contributed by atoms with van der Waals surface area (Å²) in [6, 6.07) is 7.99. The largest absolute Gasteiger partial charge is 0.395 e. The normalized spacial score (nSPS) is 13.6. The maximum absolute atomic E-state index is 8.88. The lowest BCUT2D eigenvalue weighted by atomic mass is 9.86. The summed E-state index contributed by atoms with van der Waals surface area (Å²) in [6.07, 6.45) is 0. The molecular weight excluding hydrogens is 200 g/mol. The van der Waals surface area contributed by atoms with Crippen molar-refractivity contribution < 1.29 is 5.11 Å². The van der Waals surface area contributed by atoms with Gasteiger partial charge in [0.1, 0.15) is 0 Å². The Labute approximate surface area is 97.7 Å². The summed E-state index contributed by atoms with van der Waals surface area (Å²) < 4.78 is 0. The molecule has 0 aliphatic carbocycles. The Balaban J connectivity index is 2.80. The average molecular weight is 222 g/mol. The van der Waals surface area contributed by atoms with Gasteiger partial charge in [0.2, 0.25) is 0 Å².